The number of fused-ring (bicyclic) bond motifs is 11. The minimum atomic E-state index is -0.0680. The minimum absolute atomic E-state index is 0.0680. The number of hydrogen-bond acceptors (Lipinski definition) is 3. The highest BCUT2D eigenvalue weighted by atomic mass is 32.1. The number of nitrogens with zero attached hydrogens (tertiary/aromatic N) is 3. The van der Waals surface area contributed by atoms with E-state index in [1.165, 1.54) is 64.3 Å². The van der Waals surface area contributed by atoms with E-state index in [0.717, 1.165) is 33.2 Å². The van der Waals surface area contributed by atoms with Crippen LogP contribution >= 0.6 is 11.3 Å². The zero-order valence-corrected chi connectivity index (χ0v) is 29.0. The number of para-hydroxylation sites is 1. The number of thiophene rings is 1. The molecular formula is C47H31N3S. The molecule has 0 amide bonds. The maximum atomic E-state index is 5.49. The third-order valence-electron chi connectivity index (χ3n) is 10.9. The zero-order valence-electron chi connectivity index (χ0n) is 28.2. The smallest absolute Gasteiger partial charge is 0.235 e. The Hall–Kier alpha value is -6.10. The van der Waals surface area contributed by atoms with Crippen LogP contribution in [-0.4, -0.2) is 14.5 Å². The molecule has 11 rings (SSSR count). The molecule has 7 aromatic carbocycles. The van der Waals surface area contributed by atoms with Crippen LogP contribution in [0.25, 0.3) is 93.0 Å². The van der Waals surface area contributed by atoms with Crippen molar-refractivity contribution in [2.75, 3.05) is 0 Å². The van der Waals surface area contributed by atoms with Gasteiger partial charge >= 0.3 is 0 Å². The molecule has 3 nitrogen and oxygen atoms in total. The Morgan fingerprint density at radius 3 is 2.18 bits per heavy atom. The fraction of sp³-hybridized carbons (Fsp3) is 0.0638. The molecule has 0 N–H and O–H groups in total. The topological polar surface area (TPSA) is 30.7 Å². The zero-order chi connectivity index (χ0) is 33.8. The van der Waals surface area contributed by atoms with Gasteiger partial charge in [0.05, 0.1) is 26.9 Å². The van der Waals surface area contributed by atoms with Gasteiger partial charge in [-0.3, -0.25) is 4.57 Å². The largest absolute Gasteiger partial charge is 0.276 e. The fourth-order valence-corrected chi connectivity index (χ4v) is 9.94. The van der Waals surface area contributed by atoms with Gasteiger partial charge in [0.1, 0.15) is 0 Å². The lowest BCUT2D eigenvalue weighted by atomic mass is 9.87. The Balaban J connectivity index is 1.21. The van der Waals surface area contributed by atoms with Crippen molar-refractivity contribution in [2.45, 2.75) is 19.3 Å². The Bertz CT molecular complexity index is 3060. The van der Waals surface area contributed by atoms with E-state index in [-0.39, 0.29) is 5.41 Å². The van der Waals surface area contributed by atoms with Gasteiger partial charge in [0, 0.05) is 43.0 Å². The SMILES string of the molecule is CC1(C)c2ccccc2-c2c1sc1c2ccc2c3ccccc3n(-c3nc(-c4ccccc4)c4cc(-c5ccc6ccccc6c5)ccc4n3)c21. The van der Waals surface area contributed by atoms with Crippen molar-refractivity contribution in [3.63, 3.8) is 0 Å². The molecule has 3 heterocycles. The summed E-state index contributed by atoms with van der Waals surface area (Å²) in [5.74, 6) is 0.687. The summed E-state index contributed by atoms with van der Waals surface area (Å²) in [6.07, 6.45) is 0. The van der Waals surface area contributed by atoms with E-state index in [9.17, 15) is 0 Å². The third kappa shape index (κ3) is 4.05. The average Bonchev–Trinajstić information content (AvgIpc) is 3.81. The highest BCUT2D eigenvalue weighted by molar-refractivity contribution is 7.21. The van der Waals surface area contributed by atoms with Gasteiger partial charge in [-0.2, -0.15) is 0 Å². The molecule has 0 fully saturated rings. The quantitative estimate of drug-likeness (QED) is 0.187. The van der Waals surface area contributed by atoms with Crippen molar-refractivity contribution in [2.24, 2.45) is 0 Å². The van der Waals surface area contributed by atoms with Crippen molar-refractivity contribution >= 4 is 64.9 Å². The second-order valence-electron chi connectivity index (χ2n) is 14.2. The summed E-state index contributed by atoms with van der Waals surface area (Å²) in [5.41, 5.74) is 11.6. The summed E-state index contributed by atoms with van der Waals surface area (Å²) >= 11 is 1.93. The summed E-state index contributed by atoms with van der Waals surface area (Å²) in [7, 11) is 0. The van der Waals surface area contributed by atoms with E-state index >= 15 is 0 Å². The molecule has 0 aliphatic heterocycles. The molecule has 0 spiro atoms. The van der Waals surface area contributed by atoms with Crippen LogP contribution in [0.3, 0.4) is 0 Å². The van der Waals surface area contributed by atoms with Gasteiger partial charge in [0.2, 0.25) is 5.95 Å². The number of hydrogen-bond donors (Lipinski definition) is 0. The molecule has 4 heteroatoms. The van der Waals surface area contributed by atoms with Crippen molar-refractivity contribution in [1.82, 2.24) is 14.5 Å². The molecule has 0 unspecified atom stereocenters. The Labute approximate surface area is 299 Å². The number of rotatable bonds is 3. The monoisotopic (exact) mass is 669 g/mol. The standard InChI is InChI=1S/C47H31N3S/c1-47(2)38-18-10-8-17-35(38)41-36-24-23-34-33-16-9-11-19-40(33)50(43(34)44(36)51-45(41)47)46-48-39-25-22-32(31-21-20-28-12-6-7-15-30(28)26-31)27-37(39)42(49-46)29-13-4-3-5-14-29/h3-27H,1-2H3. The van der Waals surface area contributed by atoms with Crippen LogP contribution < -0.4 is 0 Å². The van der Waals surface area contributed by atoms with Crippen LogP contribution in [0.5, 0.6) is 0 Å². The summed E-state index contributed by atoms with van der Waals surface area (Å²) in [6.45, 7) is 4.73. The van der Waals surface area contributed by atoms with Crippen molar-refractivity contribution in [3.8, 4) is 39.5 Å². The predicted octanol–water partition coefficient (Wildman–Crippen LogP) is 12.7. The molecule has 0 saturated heterocycles. The van der Waals surface area contributed by atoms with Crippen LogP contribution in [-0.2, 0) is 5.41 Å². The van der Waals surface area contributed by atoms with E-state index in [1.807, 2.05) is 11.3 Å². The van der Waals surface area contributed by atoms with Crippen molar-refractivity contribution in [3.05, 3.63) is 162 Å². The second kappa shape index (κ2) is 10.5. The summed E-state index contributed by atoms with van der Waals surface area (Å²) in [4.78, 5) is 12.3. The van der Waals surface area contributed by atoms with Crippen molar-refractivity contribution in [1.29, 1.82) is 0 Å². The Morgan fingerprint density at radius 2 is 1.27 bits per heavy atom. The van der Waals surface area contributed by atoms with E-state index in [1.54, 1.807) is 0 Å². The van der Waals surface area contributed by atoms with Crippen LogP contribution in [0.2, 0.25) is 0 Å². The first kappa shape index (κ1) is 28.7. The van der Waals surface area contributed by atoms with Gasteiger partial charge < -0.3 is 0 Å². The predicted molar refractivity (Wildman–Crippen MR) is 215 cm³/mol. The van der Waals surface area contributed by atoms with Gasteiger partial charge in [-0.25, -0.2) is 9.97 Å². The molecule has 0 bridgehead atoms. The highest BCUT2D eigenvalue weighted by Crippen LogP contribution is 2.56. The van der Waals surface area contributed by atoms with Crippen LogP contribution in [0.15, 0.2) is 152 Å². The summed E-state index contributed by atoms with van der Waals surface area (Å²) in [5, 5.41) is 7.24. The normalized spacial score (nSPS) is 13.5. The van der Waals surface area contributed by atoms with E-state index < -0.39 is 0 Å². The van der Waals surface area contributed by atoms with Crippen LogP contribution in [0.4, 0.5) is 0 Å². The average molecular weight is 670 g/mol. The summed E-state index contributed by atoms with van der Waals surface area (Å²) in [6, 6.07) is 54.7. The summed E-state index contributed by atoms with van der Waals surface area (Å²) < 4.78 is 3.61. The highest BCUT2D eigenvalue weighted by Gasteiger charge is 2.39. The van der Waals surface area contributed by atoms with Crippen molar-refractivity contribution < 1.29 is 0 Å². The number of aromatic nitrogens is 3. The van der Waals surface area contributed by atoms with Gasteiger partial charge in [0.15, 0.2) is 0 Å². The van der Waals surface area contributed by atoms with Crippen LogP contribution in [0, 0.1) is 0 Å². The molecular weight excluding hydrogens is 639 g/mol. The first-order chi connectivity index (χ1) is 25.0. The second-order valence-corrected chi connectivity index (χ2v) is 15.2. The van der Waals surface area contributed by atoms with Gasteiger partial charge in [-0.1, -0.05) is 141 Å². The lowest BCUT2D eigenvalue weighted by Gasteiger charge is -2.19. The third-order valence-corrected chi connectivity index (χ3v) is 12.5. The fourth-order valence-electron chi connectivity index (χ4n) is 8.47. The molecule has 1 aliphatic carbocycles. The van der Waals surface area contributed by atoms with Gasteiger partial charge in [-0.05, 0) is 57.3 Å². The molecule has 3 aromatic heterocycles. The van der Waals surface area contributed by atoms with Crippen LogP contribution in [0.1, 0.15) is 24.3 Å². The molecule has 0 atom stereocenters. The molecule has 0 radical (unpaired) electrons. The molecule has 51 heavy (non-hydrogen) atoms. The molecule has 0 saturated carbocycles. The first-order valence-corrected chi connectivity index (χ1v) is 18.3. The molecule has 240 valence electrons. The van der Waals surface area contributed by atoms with E-state index in [4.69, 9.17) is 9.97 Å². The minimum Gasteiger partial charge on any atom is -0.276 e. The lowest BCUT2D eigenvalue weighted by molar-refractivity contribution is 0.674. The van der Waals surface area contributed by atoms with Gasteiger partial charge in [-0.15, -0.1) is 11.3 Å². The van der Waals surface area contributed by atoms with E-state index in [2.05, 4.69) is 170 Å². The maximum absolute atomic E-state index is 5.49. The molecule has 1 aliphatic rings. The lowest BCUT2D eigenvalue weighted by Crippen LogP contribution is -2.13. The Kier molecular flexibility index (Phi) is 5.89. The number of benzene rings is 7. The first-order valence-electron chi connectivity index (χ1n) is 17.5. The molecule has 10 aromatic rings. The van der Waals surface area contributed by atoms with Gasteiger partial charge in [0.25, 0.3) is 0 Å². The van der Waals surface area contributed by atoms with E-state index in [0.29, 0.717) is 5.95 Å². The maximum Gasteiger partial charge on any atom is 0.235 e. The Morgan fingerprint density at radius 1 is 0.549 bits per heavy atom.